The lowest BCUT2D eigenvalue weighted by Gasteiger charge is -2.13. The van der Waals surface area contributed by atoms with Crippen LogP contribution < -0.4 is 10.1 Å². The highest BCUT2D eigenvalue weighted by Crippen LogP contribution is 2.23. The summed E-state index contributed by atoms with van der Waals surface area (Å²) in [5, 5.41) is 3.34. The van der Waals surface area contributed by atoms with E-state index in [1.807, 2.05) is 0 Å². The van der Waals surface area contributed by atoms with Crippen molar-refractivity contribution in [2.24, 2.45) is 5.92 Å². The number of hydrogen-bond acceptors (Lipinski definition) is 2. The molecule has 2 nitrogen and oxygen atoms in total. The molecule has 0 saturated carbocycles. The molecule has 1 aromatic rings. The molecule has 0 radical (unpaired) electrons. The van der Waals surface area contributed by atoms with Gasteiger partial charge in [-0.15, -0.1) is 13.2 Å². The second kappa shape index (κ2) is 8.15. The largest absolute Gasteiger partial charge is 0.573 e. The second-order valence-corrected chi connectivity index (χ2v) is 5.04. The maximum absolute atomic E-state index is 12.0. The fourth-order valence-electron chi connectivity index (χ4n) is 1.98. The molecule has 0 aliphatic rings. The predicted octanol–water partition coefficient (Wildman–Crippen LogP) is 4.15. The molecule has 0 saturated heterocycles. The summed E-state index contributed by atoms with van der Waals surface area (Å²) in [6.45, 7) is 6.27. The van der Waals surface area contributed by atoms with Crippen molar-refractivity contribution in [2.75, 3.05) is 13.1 Å². The fourth-order valence-corrected chi connectivity index (χ4v) is 1.98. The van der Waals surface area contributed by atoms with Gasteiger partial charge in [0.25, 0.3) is 0 Å². The van der Waals surface area contributed by atoms with Gasteiger partial charge in [-0.3, -0.25) is 0 Å². The van der Waals surface area contributed by atoms with Crippen LogP contribution in [0.2, 0.25) is 0 Å². The minimum absolute atomic E-state index is 0.168. The molecule has 1 N–H and O–H groups in total. The van der Waals surface area contributed by atoms with Crippen LogP contribution >= 0.6 is 0 Å². The third-order valence-corrected chi connectivity index (χ3v) is 2.98. The normalized spacial score (nSPS) is 13.2. The van der Waals surface area contributed by atoms with Gasteiger partial charge >= 0.3 is 6.36 Å². The van der Waals surface area contributed by atoms with E-state index in [9.17, 15) is 13.2 Å². The Morgan fingerprint density at radius 1 is 1.15 bits per heavy atom. The Bertz CT molecular complexity index is 376. The molecule has 0 aliphatic heterocycles. The summed E-state index contributed by atoms with van der Waals surface area (Å²) in [6, 6.07) is 6.11. The Labute approximate surface area is 118 Å². The van der Waals surface area contributed by atoms with Gasteiger partial charge in [-0.1, -0.05) is 26.0 Å². The van der Waals surface area contributed by atoms with E-state index < -0.39 is 6.36 Å². The molecule has 114 valence electrons. The molecular formula is C15H22F3NO. The molecule has 20 heavy (non-hydrogen) atoms. The Morgan fingerprint density at radius 3 is 2.35 bits per heavy atom. The molecule has 1 rings (SSSR count). The lowest BCUT2D eigenvalue weighted by Crippen LogP contribution is -2.18. The van der Waals surface area contributed by atoms with Crippen LogP contribution in [0.3, 0.4) is 0 Å². The van der Waals surface area contributed by atoms with Gasteiger partial charge in [-0.2, -0.15) is 0 Å². The molecule has 0 heterocycles. The summed E-state index contributed by atoms with van der Waals surface area (Å²) >= 11 is 0. The van der Waals surface area contributed by atoms with Gasteiger partial charge in [0, 0.05) is 0 Å². The fraction of sp³-hybridized carbons (Fsp3) is 0.600. The summed E-state index contributed by atoms with van der Waals surface area (Å²) in [7, 11) is 0. The van der Waals surface area contributed by atoms with E-state index in [-0.39, 0.29) is 5.75 Å². The Morgan fingerprint density at radius 2 is 1.80 bits per heavy atom. The lowest BCUT2D eigenvalue weighted by atomic mass is 9.98. The van der Waals surface area contributed by atoms with E-state index in [4.69, 9.17) is 0 Å². The van der Waals surface area contributed by atoms with E-state index in [1.165, 1.54) is 12.1 Å². The third kappa shape index (κ3) is 7.38. The van der Waals surface area contributed by atoms with Crippen LogP contribution in [0.15, 0.2) is 24.3 Å². The van der Waals surface area contributed by atoms with Gasteiger partial charge in [0.2, 0.25) is 0 Å². The standard InChI is InChI=1S/C15H22F3NO/c1-3-9-19-10-8-12(2)11-13-4-6-14(7-5-13)20-15(16,17)18/h4-7,12,19H,3,8-11H2,1-2H3. The Hall–Kier alpha value is -1.23. The number of halogens is 3. The third-order valence-electron chi connectivity index (χ3n) is 2.98. The van der Waals surface area contributed by atoms with Gasteiger partial charge in [0.15, 0.2) is 0 Å². The quantitative estimate of drug-likeness (QED) is 0.726. The second-order valence-electron chi connectivity index (χ2n) is 5.04. The molecular weight excluding hydrogens is 267 g/mol. The zero-order valence-electron chi connectivity index (χ0n) is 12.0. The lowest BCUT2D eigenvalue weighted by molar-refractivity contribution is -0.274. The first-order valence-corrected chi connectivity index (χ1v) is 6.96. The van der Waals surface area contributed by atoms with Crippen molar-refractivity contribution < 1.29 is 17.9 Å². The molecule has 0 fully saturated rings. The van der Waals surface area contributed by atoms with Crippen LogP contribution in [0.1, 0.15) is 32.3 Å². The van der Waals surface area contributed by atoms with Crippen LogP contribution in [0.25, 0.3) is 0 Å². The average Bonchev–Trinajstić information content (AvgIpc) is 2.35. The highest BCUT2D eigenvalue weighted by Gasteiger charge is 2.30. The zero-order chi connectivity index (χ0) is 15.0. The Balaban J connectivity index is 2.37. The van der Waals surface area contributed by atoms with Crippen LogP contribution in [0.4, 0.5) is 13.2 Å². The average molecular weight is 289 g/mol. The smallest absolute Gasteiger partial charge is 0.406 e. The van der Waals surface area contributed by atoms with Crippen LogP contribution in [-0.4, -0.2) is 19.5 Å². The molecule has 0 aliphatic carbocycles. The minimum Gasteiger partial charge on any atom is -0.406 e. The number of ether oxygens (including phenoxy) is 1. The minimum atomic E-state index is -4.63. The number of nitrogens with one attached hydrogen (secondary N) is 1. The summed E-state index contributed by atoms with van der Waals surface area (Å²) in [4.78, 5) is 0. The number of alkyl halides is 3. The molecule has 5 heteroatoms. The van der Waals surface area contributed by atoms with E-state index >= 15 is 0 Å². The first kappa shape index (κ1) is 16.8. The summed E-state index contributed by atoms with van der Waals surface area (Å²) in [6.07, 6.45) is -1.59. The summed E-state index contributed by atoms with van der Waals surface area (Å²) in [5.41, 5.74) is 1.03. The highest BCUT2D eigenvalue weighted by atomic mass is 19.4. The van der Waals surface area contributed by atoms with Crippen LogP contribution in [-0.2, 0) is 6.42 Å². The predicted molar refractivity (Wildman–Crippen MR) is 73.8 cm³/mol. The van der Waals surface area contributed by atoms with Crippen molar-refractivity contribution in [1.29, 1.82) is 0 Å². The summed E-state index contributed by atoms with van der Waals surface area (Å²) in [5.74, 6) is 0.326. The first-order chi connectivity index (χ1) is 9.40. The van der Waals surface area contributed by atoms with E-state index in [2.05, 4.69) is 23.9 Å². The van der Waals surface area contributed by atoms with Gasteiger partial charge in [-0.25, -0.2) is 0 Å². The molecule has 0 spiro atoms. The van der Waals surface area contributed by atoms with Gasteiger partial charge in [0.05, 0.1) is 0 Å². The van der Waals surface area contributed by atoms with Crippen molar-refractivity contribution in [3.8, 4) is 5.75 Å². The van der Waals surface area contributed by atoms with E-state index in [1.54, 1.807) is 12.1 Å². The molecule has 0 aromatic heterocycles. The van der Waals surface area contributed by atoms with Gasteiger partial charge in [-0.05, 0) is 56.0 Å². The van der Waals surface area contributed by atoms with Crippen molar-refractivity contribution in [2.45, 2.75) is 39.5 Å². The van der Waals surface area contributed by atoms with Crippen LogP contribution in [0.5, 0.6) is 5.75 Å². The van der Waals surface area contributed by atoms with Crippen molar-refractivity contribution >= 4 is 0 Å². The number of benzene rings is 1. The molecule has 0 bridgehead atoms. The molecule has 0 amide bonds. The van der Waals surface area contributed by atoms with Crippen molar-refractivity contribution in [1.82, 2.24) is 5.32 Å². The first-order valence-electron chi connectivity index (χ1n) is 6.96. The molecule has 1 atom stereocenters. The van der Waals surface area contributed by atoms with Crippen LogP contribution in [0, 0.1) is 5.92 Å². The topological polar surface area (TPSA) is 21.3 Å². The van der Waals surface area contributed by atoms with Crippen molar-refractivity contribution in [3.05, 3.63) is 29.8 Å². The monoisotopic (exact) mass is 289 g/mol. The van der Waals surface area contributed by atoms with E-state index in [0.29, 0.717) is 5.92 Å². The SMILES string of the molecule is CCCNCCC(C)Cc1ccc(OC(F)(F)F)cc1. The Kier molecular flexibility index (Phi) is 6.85. The summed E-state index contributed by atoms with van der Waals surface area (Å²) < 4.78 is 39.9. The van der Waals surface area contributed by atoms with Gasteiger partial charge < -0.3 is 10.1 Å². The highest BCUT2D eigenvalue weighted by molar-refractivity contribution is 5.27. The number of hydrogen-bond donors (Lipinski definition) is 1. The van der Waals surface area contributed by atoms with Crippen molar-refractivity contribution in [3.63, 3.8) is 0 Å². The van der Waals surface area contributed by atoms with Gasteiger partial charge in [0.1, 0.15) is 5.75 Å². The molecule has 1 aromatic carbocycles. The molecule has 1 unspecified atom stereocenters. The zero-order valence-corrected chi connectivity index (χ0v) is 12.0. The van der Waals surface area contributed by atoms with E-state index in [0.717, 1.165) is 37.9 Å². The number of rotatable bonds is 8. The maximum Gasteiger partial charge on any atom is 0.573 e. The maximum atomic E-state index is 12.0.